The second-order valence-electron chi connectivity index (χ2n) is 7.73. The van der Waals surface area contributed by atoms with Crippen molar-refractivity contribution in [2.45, 2.75) is 26.9 Å². The Hall–Kier alpha value is -1.99. The van der Waals surface area contributed by atoms with E-state index in [-0.39, 0.29) is 11.3 Å². The van der Waals surface area contributed by atoms with Gasteiger partial charge in [-0.15, -0.1) is 0 Å². The minimum Gasteiger partial charge on any atom is -0.391 e. The molecule has 2 aromatic rings. The summed E-state index contributed by atoms with van der Waals surface area (Å²) in [5, 5.41) is 10.2. The van der Waals surface area contributed by atoms with Crippen LogP contribution in [0.15, 0.2) is 18.5 Å². The Kier molecular flexibility index (Phi) is 4.79. The van der Waals surface area contributed by atoms with E-state index in [1.165, 1.54) is 18.5 Å². The van der Waals surface area contributed by atoms with Crippen LogP contribution in [0.2, 0.25) is 0 Å². The number of amides is 1. The molecular weight excluding hydrogens is 323 g/mol. The highest BCUT2D eigenvalue weighted by molar-refractivity contribution is 6.04. The fourth-order valence-corrected chi connectivity index (χ4v) is 3.00. The zero-order valence-electron chi connectivity index (χ0n) is 14.9. The lowest BCUT2D eigenvalue weighted by atomic mass is 9.89. The van der Waals surface area contributed by atoms with E-state index in [4.69, 9.17) is 0 Å². The number of aromatic nitrogens is 2. The molecule has 0 saturated carbocycles. The summed E-state index contributed by atoms with van der Waals surface area (Å²) in [7, 11) is 0. The van der Waals surface area contributed by atoms with Gasteiger partial charge in [0.05, 0.1) is 23.5 Å². The van der Waals surface area contributed by atoms with E-state index in [1.54, 1.807) is 4.90 Å². The van der Waals surface area contributed by atoms with Crippen molar-refractivity contribution in [2.75, 3.05) is 32.7 Å². The van der Waals surface area contributed by atoms with E-state index in [0.717, 1.165) is 0 Å². The molecule has 1 atom stereocenters. The lowest BCUT2D eigenvalue weighted by Crippen LogP contribution is -2.51. The minimum atomic E-state index is -0.452. The van der Waals surface area contributed by atoms with Gasteiger partial charge >= 0.3 is 0 Å². The van der Waals surface area contributed by atoms with Crippen molar-refractivity contribution in [3.8, 4) is 0 Å². The number of hydrogen-bond acceptors (Lipinski definition) is 4. The van der Waals surface area contributed by atoms with Crippen LogP contribution in [0.1, 0.15) is 31.1 Å². The summed E-state index contributed by atoms with van der Waals surface area (Å²) in [4.78, 5) is 23.7. The van der Waals surface area contributed by atoms with Gasteiger partial charge in [-0.1, -0.05) is 20.8 Å². The first-order valence-corrected chi connectivity index (χ1v) is 8.58. The van der Waals surface area contributed by atoms with Crippen LogP contribution in [0.4, 0.5) is 4.39 Å². The number of carbonyl (C=O) groups excluding carboxylic acids is 1. The number of β-amino-alcohol motifs (C(OH)–C–C–N with tert-alkyl or cyclic N) is 1. The third kappa shape index (κ3) is 3.82. The molecule has 1 aromatic heterocycles. The number of rotatable bonds is 3. The maximum Gasteiger partial charge on any atom is 0.256 e. The fourth-order valence-electron chi connectivity index (χ4n) is 3.00. The maximum atomic E-state index is 13.8. The minimum absolute atomic E-state index is 0.167. The number of aliphatic hydroxyl groups excluding tert-OH is 1. The van der Waals surface area contributed by atoms with Crippen LogP contribution in [0.25, 0.3) is 11.0 Å². The van der Waals surface area contributed by atoms with Crippen LogP contribution >= 0.6 is 0 Å². The smallest absolute Gasteiger partial charge is 0.256 e. The number of benzene rings is 1. The molecule has 2 heterocycles. The van der Waals surface area contributed by atoms with Gasteiger partial charge in [-0.05, 0) is 17.5 Å². The molecule has 7 heteroatoms. The first kappa shape index (κ1) is 17.8. The van der Waals surface area contributed by atoms with Gasteiger partial charge in [-0.25, -0.2) is 9.37 Å². The van der Waals surface area contributed by atoms with E-state index in [9.17, 15) is 14.3 Å². The number of carbonyl (C=O) groups is 1. The summed E-state index contributed by atoms with van der Waals surface area (Å²) in [5.74, 6) is -0.653. The normalized spacial score (nSPS) is 17.9. The quantitative estimate of drug-likeness (QED) is 0.888. The fraction of sp³-hybridized carbons (Fsp3) is 0.556. The lowest BCUT2D eigenvalue weighted by Gasteiger charge is -2.38. The van der Waals surface area contributed by atoms with Crippen molar-refractivity contribution in [2.24, 2.45) is 5.41 Å². The summed E-state index contributed by atoms with van der Waals surface area (Å²) in [6.07, 6.45) is 1.05. The lowest BCUT2D eigenvalue weighted by molar-refractivity contribution is 0.0137. The predicted octanol–water partition coefficient (Wildman–Crippen LogP) is 1.87. The topological polar surface area (TPSA) is 72.5 Å². The first-order chi connectivity index (χ1) is 11.8. The second-order valence-corrected chi connectivity index (χ2v) is 7.73. The Morgan fingerprint density at radius 1 is 1.32 bits per heavy atom. The molecule has 3 rings (SSSR count). The van der Waals surface area contributed by atoms with E-state index >= 15 is 0 Å². The van der Waals surface area contributed by atoms with Crippen LogP contribution in [-0.4, -0.2) is 69.6 Å². The zero-order chi connectivity index (χ0) is 18.2. The molecule has 136 valence electrons. The molecule has 1 fully saturated rings. The Balaban J connectivity index is 1.66. The van der Waals surface area contributed by atoms with Gasteiger partial charge in [0, 0.05) is 32.7 Å². The van der Waals surface area contributed by atoms with Crippen LogP contribution in [-0.2, 0) is 0 Å². The summed E-state index contributed by atoms with van der Waals surface area (Å²) < 4.78 is 13.8. The SMILES string of the molecule is CC(C)(C)[C@H](O)CN1CCN(C(=O)c2cc(F)cc3[nH]cnc23)CC1. The standard InChI is InChI=1S/C18H25FN4O2/c1-18(2,3)15(24)10-22-4-6-23(7-5-22)17(25)13-8-12(19)9-14-16(13)21-11-20-14/h8-9,11,15,24H,4-7,10H2,1-3H3,(H,20,21)/t15-/m1/s1. The summed E-state index contributed by atoms with van der Waals surface area (Å²) in [6, 6.07) is 2.59. The zero-order valence-corrected chi connectivity index (χ0v) is 14.9. The molecule has 2 N–H and O–H groups in total. The summed E-state index contributed by atoms with van der Waals surface area (Å²) in [5.41, 5.74) is 1.15. The Bertz CT molecular complexity index is 760. The van der Waals surface area contributed by atoms with Crippen LogP contribution < -0.4 is 0 Å². The second kappa shape index (κ2) is 6.72. The van der Waals surface area contributed by atoms with Gasteiger partial charge in [0.2, 0.25) is 0 Å². The molecule has 1 aromatic carbocycles. The number of piperazine rings is 1. The van der Waals surface area contributed by atoms with Gasteiger partial charge < -0.3 is 15.0 Å². The Labute approximate surface area is 146 Å². The number of nitrogens with zero attached hydrogens (tertiary/aromatic N) is 3. The maximum absolute atomic E-state index is 13.8. The Morgan fingerprint density at radius 3 is 2.64 bits per heavy atom. The number of H-pyrrole nitrogens is 1. The Morgan fingerprint density at radius 2 is 2.00 bits per heavy atom. The van der Waals surface area contributed by atoms with Gasteiger partial charge in [-0.2, -0.15) is 0 Å². The van der Waals surface area contributed by atoms with Crippen molar-refractivity contribution in [3.05, 3.63) is 29.8 Å². The third-order valence-corrected chi connectivity index (χ3v) is 4.81. The highest BCUT2D eigenvalue weighted by Gasteiger charge is 2.28. The van der Waals surface area contributed by atoms with E-state index in [0.29, 0.717) is 49.3 Å². The van der Waals surface area contributed by atoms with Crippen molar-refractivity contribution in [1.29, 1.82) is 0 Å². The van der Waals surface area contributed by atoms with Crippen molar-refractivity contribution >= 4 is 16.9 Å². The van der Waals surface area contributed by atoms with Crippen molar-refractivity contribution in [3.63, 3.8) is 0 Å². The van der Waals surface area contributed by atoms with E-state index in [2.05, 4.69) is 14.9 Å². The molecule has 6 nitrogen and oxygen atoms in total. The molecule has 25 heavy (non-hydrogen) atoms. The van der Waals surface area contributed by atoms with Crippen molar-refractivity contribution in [1.82, 2.24) is 19.8 Å². The summed E-state index contributed by atoms with van der Waals surface area (Å²) >= 11 is 0. The largest absolute Gasteiger partial charge is 0.391 e. The van der Waals surface area contributed by atoms with E-state index < -0.39 is 11.9 Å². The number of hydrogen-bond donors (Lipinski definition) is 2. The van der Waals surface area contributed by atoms with Crippen LogP contribution in [0.5, 0.6) is 0 Å². The van der Waals surface area contributed by atoms with Gasteiger partial charge in [0.1, 0.15) is 11.3 Å². The highest BCUT2D eigenvalue weighted by Crippen LogP contribution is 2.22. The molecule has 0 spiro atoms. The molecule has 0 bridgehead atoms. The molecule has 1 aliphatic heterocycles. The van der Waals surface area contributed by atoms with Gasteiger partial charge in [0.25, 0.3) is 5.91 Å². The number of fused-ring (bicyclic) bond motifs is 1. The monoisotopic (exact) mass is 348 g/mol. The third-order valence-electron chi connectivity index (χ3n) is 4.81. The predicted molar refractivity (Wildman–Crippen MR) is 93.9 cm³/mol. The molecule has 0 unspecified atom stereocenters. The molecule has 0 radical (unpaired) electrons. The van der Waals surface area contributed by atoms with Gasteiger partial charge in [0.15, 0.2) is 0 Å². The highest BCUT2D eigenvalue weighted by atomic mass is 19.1. The van der Waals surface area contributed by atoms with Gasteiger partial charge in [-0.3, -0.25) is 9.69 Å². The number of imidazole rings is 1. The van der Waals surface area contributed by atoms with Crippen LogP contribution in [0.3, 0.4) is 0 Å². The molecule has 0 aliphatic carbocycles. The molecule has 1 amide bonds. The first-order valence-electron chi connectivity index (χ1n) is 8.58. The van der Waals surface area contributed by atoms with Crippen molar-refractivity contribution < 1.29 is 14.3 Å². The average molecular weight is 348 g/mol. The molecular formula is C18H25FN4O2. The average Bonchev–Trinajstić information content (AvgIpc) is 3.01. The molecule has 1 aliphatic rings. The number of halogens is 1. The summed E-state index contributed by atoms with van der Waals surface area (Å²) in [6.45, 7) is 9.12. The van der Waals surface area contributed by atoms with Crippen LogP contribution in [0, 0.1) is 11.2 Å². The van der Waals surface area contributed by atoms with E-state index in [1.807, 2.05) is 20.8 Å². The number of aliphatic hydroxyl groups is 1. The number of nitrogens with one attached hydrogen (secondary N) is 1. The number of aromatic amines is 1. The molecule has 1 saturated heterocycles.